The summed E-state index contributed by atoms with van der Waals surface area (Å²) in [6.07, 6.45) is 6.05. The van der Waals surface area contributed by atoms with Crippen LogP contribution >= 0.6 is 11.6 Å². The lowest BCUT2D eigenvalue weighted by atomic mass is 10.1. The number of carbonyl (C=O) groups excluding carboxylic acids is 1. The van der Waals surface area contributed by atoms with E-state index in [1.54, 1.807) is 23.1 Å². The Morgan fingerprint density at radius 3 is 2.76 bits per heavy atom. The molecular weight excluding hydrogens is 438 g/mol. The minimum atomic E-state index is -0.0905. The highest BCUT2D eigenvalue weighted by molar-refractivity contribution is 6.30. The largest absolute Gasteiger partial charge is 0.355 e. The lowest BCUT2D eigenvalue weighted by Crippen LogP contribution is -2.42. The molecule has 0 bridgehead atoms. The molecule has 1 fully saturated rings. The number of likely N-dealkylation sites (tertiary alicyclic amines) is 1. The molecule has 174 valence electrons. The Morgan fingerprint density at radius 2 is 2.00 bits per heavy atom. The predicted molar refractivity (Wildman–Crippen MR) is 130 cm³/mol. The van der Waals surface area contributed by atoms with E-state index in [4.69, 9.17) is 16.7 Å². The van der Waals surface area contributed by atoms with Crippen molar-refractivity contribution >= 4 is 28.3 Å². The van der Waals surface area contributed by atoms with Crippen molar-refractivity contribution in [3.8, 4) is 0 Å². The van der Waals surface area contributed by atoms with Crippen LogP contribution in [-0.2, 0) is 17.8 Å². The Labute approximate surface area is 198 Å². The van der Waals surface area contributed by atoms with Crippen molar-refractivity contribution in [2.24, 2.45) is 5.92 Å². The molecule has 3 aromatic rings. The molecule has 2 aromatic heterocycles. The van der Waals surface area contributed by atoms with Crippen molar-refractivity contribution in [3.05, 3.63) is 69.4 Å². The van der Waals surface area contributed by atoms with Gasteiger partial charge in [0, 0.05) is 54.3 Å². The lowest BCUT2D eigenvalue weighted by Gasteiger charge is -2.25. The van der Waals surface area contributed by atoms with E-state index in [2.05, 4.69) is 15.2 Å². The minimum Gasteiger partial charge on any atom is -0.355 e. The average molecular weight is 468 g/mol. The van der Waals surface area contributed by atoms with E-state index in [9.17, 15) is 9.59 Å². The topological polar surface area (TPSA) is 80.1 Å². The molecule has 8 heteroatoms. The summed E-state index contributed by atoms with van der Waals surface area (Å²) in [6.45, 7) is 6.66. The normalized spacial score (nSPS) is 16.5. The zero-order chi connectivity index (χ0) is 23.4. The number of hydrogen-bond donors (Lipinski definition) is 1. The van der Waals surface area contributed by atoms with Crippen molar-refractivity contribution in [1.82, 2.24) is 25.0 Å². The molecule has 33 heavy (non-hydrogen) atoms. The molecule has 1 N–H and O–H groups in total. The summed E-state index contributed by atoms with van der Waals surface area (Å²) >= 11 is 6.03. The molecular formula is C25H30ClN5O2. The molecule has 4 rings (SSSR count). The molecule has 1 aromatic carbocycles. The van der Waals surface area contributed by atoms with E-state index >= 15 is 0 Å². The van der Waals surface area contributed by atoms with Crippen LogP contribution in [0.3, 0.4) is 0 Å². The number of hydrogen-bond acceptors (Lipinski definition) is 5. The van der Waals surface area contributed by atoms with Crippen molar-refractivity contribution < 1.29 is 4.79 Å². The van der Waals surface area contributed by atoms with Crippen LogP contribution in [-0.4, -0.2) is 51.2 Å². The quantitative estimate of drug-likeness (QED) is 0.550. The number of nitrogens with zero attached hydrogens (tertiary/aromatic N) is 4. The zero-order valence-electron chi connectivity index (χ0n) is 19.1. The van der Waals surface area contributed by atoms with Gasteiger partial charge in [0.2, 0.25) is 5.91 Å². The molecule has 0 radical (unpaired) electrons. The fourth-order valence-corrected chi connectivity index (χ4v) is 4.49. The second-order valence-electron chi connectivity index (χ2n) is 8.94. The molecule has 1 aliphatic rings. The van der Waals surface area contributed by atoms with Crippen LogP contribution in [0.5, 0.6) is 0 Å². The van der Waals surface area contributed by atoms with Crippen LogP contribution in [0.2, 0.25) is 5.02 Å². The Bertz CT molecular complexity index is 1180. The monoisotopic (exact) mass is 467 g/mol. The molecule has 7 nitrogen and oxygen atoms in total. The first kappa shape index (κ1) is 23.4. The van der Waals surface area contributed by atoms with E-state index in [0.717, 1.165) is 42.6 Å². The van der Waals surface area contributed by atoms with Gasteiger partial charge in [0.15, 0.2) is 0 Å². The van der Waals surface area contributed by atoms with Gasteiger partial charge >= 0.3 is 0 Å². The molecule has 0 unspecified atom stereocenters. The molecule has 1 atom stereocenters. The summed E-state index contributed by atoms with van der Waals surface area (Å²) in [6, 6.07) is 9.67. The van der Waals surface area contributed by atoms with Crippen molar-refractivity contribution in [2.45, 2.75) is 45.7 Å². The van der Waals surface area contributed by atoms with Gasteiger partial charge in [0.1, 0.15) is 0 Å². The number of carbonyl (C=O) groups is 1. The van der Waals surface area contributed by atoms with Gasteiger partial charge in [-0.2, -0.15) is 5.10 Å². The van der Waals surface area contributed by atoms with Crippen LogP contribution in [0, 0.1) is 5.92 Å². The number of halogens is 1. The van der Waals surface area contributed by atoms with Crippen LogP contribution in [0.1, 0.15) is 37.9 Å². The highest BCUT2D eigenvalue weighted by atomic mass is 35.5. The molecule has 1 aliphatic heterocycles. The average Bonchev–Trinajstić information content (AvgIpc) is 3.25. The van der Waals surface area contributed by atoms with Crippen molar-refractivity contribution in [3.63, 3.8) is 0 Å². The third-order valence-electron chi connectivity index (χ3n) is 6.23. The first-order valence-electron chi connectivity index (χ1n) is 11.5. The molecule has 0 spiro atoms. The Balaban J connectivity index is 1.55. The first-order chi connectivity index (χ1) is 15.9. The van der Waals surface area contributed by atoms with E-state index in [0.29, 0.717) is 29.9 Å². The van der Waals surface area contributed by atoms with E-state index < -0.39 is 0 Å². The SMILES string of the molecule is CC(C)C(=O)NCCN1CCC[C@@H]1Cn1nc(Cc2ccc(Cl)cc2)c2cnccc2c1=O. The summed E-state index contributed by atoms with van der Waals surface area (Å²) in [4.78, 5) is 31.7. The summed E-state index contributed by atoms with van der Waals surface area (Å²) in [5.41, 5.74) is 1.81. The van der Waals surface area contributed by atoms with Gasteiger partial charge in [0.25, 0.3) is 5.56 Å². The van der Waals surface area contributed by atoms with Gasteiger partial charge in [-0.15, -0.1) is 0 Å². The molecule has 1 amide bonds. The van der Waals surface area contributed by atoms with E-state index in [1.165, 1.54) is 0 Å². The molecule has 1 saturated heterocycles. The molecule has 3 heterocycles. The Kier molecular flexibility index (Phi) is 7.40. The smallest absolute Gasteiger partial charge is 0.274 e. The maximum Gasteiger partial charge on any atom is 0.274 e. The minimum absolute atomic E-state index is 0.0201. The zero-order valence-corrected chi connectivity index (χ0v) is 19.9. The summed E-state index contributed by atoms with van der Waals surface area (Å²) in [5.74, 6) is 0.0481. The van der Waals surface area contributed by atoms with Crippen molar-refractivity contribution in [2.75, 3.05) is 19.6 Å². The number of rotatable bonds is 8. The van der Waals surface area contributed by atoms with Gasteiger partial charge < -0.3 is 5.32 Å². The summed E-state index contributed by atoms with van der Waals surface area (Å²) < 4.78 is 1.61. The summed E-state index contributed by atoms with van der Waals surface area (Å²) in [7, 11) is 0. The number of pyridine rings is 1. The number of nitrogens with one attached hydrogen (secondary N) is 1. The van der Waals surface area contributed by atoms with Gasteiger partial charge in [-0.3, -0.25) is 19.5 Å². The second kappa shape index (κ2) is 10.4. The van der Waals surface area contributed by atoms with Gasteiger partial charge in [0.05, 0.1) is 17.6 Å². The number of aromatic nitrogens is 3. The third-order valence-corrected chi connectivity index (χ3v) is 6.48. The summed E-state index contributed by atoms with van der Waals surface area (Å²) in [5, 5.41) is 9.88. The van der Waals surface area contributed by atoms with Crippen LogP contribution in [0.15, 0.2) is 47.5 Å². The number of fused-ring (bicyclic) bond motifs is 1. The van der Waals surface area contributed by atoms with Crippen LogP contribution < -0.4 is 10.9 Å². The van der Waals surface area contributed by atoms with Gasteiger partial charge in [-0.25, -0.2) is 4.68 Å². The highest BCUT2D eigenvalue weighted by Crippen LogP contribution is 2.20. The van der Waals surface area contributed by atoms with E-state index in [1.807, 2.05) is 38.1 Å². The highest BCUT2D eigenvalue weighted by Gasteiger charge is 2.26. The van der Waals surface area contributed by atoms with Crippen LogP contribution in [0.4, 0.5) is 0 Å². The lowest BCUT2D eigenvalue weighted by molar-refractivity contribution is -0.124. The second-order valence-corrected chi connectivity index (χ2v) is 9.37. The van der Waals surface area contributed by atoms with Gasteiger partial charge in [-0.05, 0) is 43.1 Å². The predicted octanol–water partition coefficient (Wildman–Crippen LogP) is 3.27. The standard InChI is InChI=1S/C25H30ClN5O2/c1-17(2)24(32)28-11-13-30-12-3-4-20(30)16-31-25(33)21-9-10-27-15-22(21)23(29-31)14-18-5-7-19(26)8-6-18/h5-10,15,17,20H,3-4,11-14,16H2,1-2H3,(H,28,32)/t20-/m1/s1. The third kappa shape index (κ3) is 5.60. The van der Waals surface area contributed by atoms with Gasteiger partial charge in [-0.1, -0.05) is 37.6 Å². The maximum atomic E-state index is 13.2. The van der Waals surface area contributed by atoms with E-state index in [-0.39, 0.29) is 23.4 Å². The Morgan fingerprint density at radius 1 is 1.21 bits per heavy atom. The fourth-order valence-electron chi connectivity index (χ4n) is 4.37. The number of benzene rings is 1. The fraction of sp³-hybridized carbons (Fsp3) is 0.440. The molecule has 0 aliphatic carbocycles. The van der Waals surface area contributed by atoms with Crippen LogP contribution in [0.25, 0.3) is 10.8 Å². The Hall–Kier alpha value is -2.77. The number of amides is 1. The maximum absolute atomic E-state index is 13.2. The van der Waals surface area contributed by atoms with Crippen molar-refractivity contribution in [1.29, 1.82) is 0 Å². The molecule has 0 saturated carbocycles. The first-order valence-corrected chi connectivity index (χ1v) is 11.9.